The minimum absolute atomic E-state index is 0.00510. The van der Waals surface area contributed by atoms with Gasteiger partial charge in [-0.05, 0) is 31.2 Å². The summed E-state index contributed by atoms with van der Waals surface area (Å²) in [5.74, 6) is 0.697. The highest BCUT2D eigenvalue weighted by atomic mass is 32.1. The van der Waals surface area contributed by atoms with E-state index in [0.29, 0.717) is 19.5 Å². The second-order valence-corrected chi connectivity index (χ2v) is 8.62. The molecule has 0 bridgehead atoms. The van der Waals surface area contributed by atoms with Crippen molar-refractivity contribution in [1.82, 2.24) is 9.88 Å². The lowest BCUT2D eigenvalue weighted by atomic mass is 9.94. The molecule has 0 saturated carbocycles. The maximum Gasteiger partial charge on any atom is 0.186 e. The van der Waals surface area contributed by atoms with Gasteiger partial charge < -0.3 is 25.0 Å². The molecule has 7 nitrogen and oxygen atoms in total. The van der Waals surface area contributed by atoms with E-state index in [1.165, 1.54) is 4.90 Å². The van der Waals surface area contributed by atoms with Crippen molar-refractivity contribution in [3.05, 3.63) is 66.1 Å². The number of ether oxygens (including phenoxy) is 1. The third kappa shape index (κ3) is 6.27. The quantitative estimate of drug-likeness (QED) is 0.353. The number of likely N-dealkylation sites (N-methyl/N-ethyl adjacent to an activating group) is 1. The van der Waals surface area contributed by atoms with Crippen LogP contribution in [0.25, 0.3) is 11.3 Å². The van der Waals surface area contributed by atoms with Gasteiger partial charge in [-0.2, -0.15) is 0 Å². The first-order valence-corrected chi connectivity index (χ1v) is 11.4. The molecular weight excluding hydrogens is 426 g/mol. The van der Waals surface area contributed by atoms with Crippen LogP contribution in [0.1, 0.15) is 6.42 Å². The number of aliphatic hydroxyl groups is 3. The molecule has 3 N–H and O–H groups in total. The summed E-state index contributed by atoms with van der Waals surface area (Å²) in [6.07, 6.45) is 6.41. The molecule has 1 heterocycles. The molecular formula is C24H31N3O4S. The first-order valence-electron chi connectivity index (χ1n) is 10.5. The van der Waals surface area contributed by atoms with Gasteiger partial charge in [-0.1, -0.05) is 36.4 Å². The Morgan fingerprint density at radius 1 is 1.34 bits per heavy atom. The van der Waals surface area contributed by atoms with Crippen LogP contribution >= 0.6 is 11.3 Å². The van der Waals surface area contributed by atoms with E-state index in [-0.39, 0.29) is 12.5 Å². The summed E-state index contributed by atoms with van der Waals surface area (Å²) in [6.45, 7) is 5.23. The van der Waals surface area contributed by atoms with E-state index in [1.807, 2.05) is 47.9 Å². The van der Waals surface area contributed by atoms with E-state index >= 15 is 0 Å². The minimum atomic E-state index is -1.47. The number of nitrogens with zero attached hydrogens (tertiary/aromatic N) is 3. The third-order valence-corrected chi connectivity index (χ3v) is 6.25. The highest BCUT2D eigenvalue weighted by Crippen LogP contribution is 2.30. The molecule has 0 saturated heterocycles. The summed E-state index contributed by atoms with van der Waals surface area (Å²) in [5, 5.41) is 31.6. The van der Waals surface area contributed by atoms with Gasteiger partial charge in [0, 0.05) is 30.0 Å². The Bertz CT molecular complexity index is 956. The molecule has 0 fully saturated rings. The van der Waals surface area contributed by atoms with Crippen molar-refractivity contribution in [2.75, 3.05) is 38.7 Å². The monoisotopic (exact) mass is 457 g/mol. The van der Waals surface area contributed by atoms with Crippen molar-refractivity contribution in [3.63, 3.8) is 0 Å². The average Bonchev–Trinajstić information content (AvgIpc) is 3.29. The van der Waals surface area contributed by atoms with E-state index < -0.39 is 12.5 Å². The van der Waals surface area contributed by atoms with Crippen LogP contribution in [-0.2, 0) is 0 Å². The zero-order valence-corrected chi connectivity index (χ0v) is 19.3. The lowest BCUT2D eigenvalue weighted by molar-refractivity contribution is -0.0975. The fourth-order valence-electron chi connectivity index (χ4n) is 3.62. The molecule has 1 aliphatic rings. The Balaban J connectivity index is 1.66. The Morgan fingerprint density at radius 2 is 2.16 bits per heavy atom. The van der Waals surface area contributed by atoms with Crippen LogP contribution in [0.4, 0.5) is 5.13 Å². The van der Waals surface area contributed by atoms with Crippen LogP contribution in [-0.4, -0.2) is 71.5 Å². The molecule has 0 amide bonds. The zero-order chi connectivity index (χ0) is 23.1. The van der Waals surface area contributed by atoms with E-state index in [2.05, 4.69) is 17.6 Å². The molecule has 172 valence electrons. The van der Waals surface area contributed by atoms with Crippen LogP contribution in [0.3, 0.4) is 0 Å². The normalized spacial score (nSPS) is 16.8. The smallest absolute Gasteiger partial charge is 0.186 e. The molecule has 8 heteroatoms. The van der Waals surface area contributed by atoms with Gasteiger partial charge >= 0.3 is 0 Å². The molecule has 3 rings (SSSR count). The van der Waals surface area contributed by atoms with Gasteiger partial charge in [0.2, 0.25) is 0 Å². The largest absolute Gasteiger partial charge is 0.497 e. The Kier molecular flexibility index (Phi) is 8.60. The second kappa shape index (κ2) is 11.4. The number of aromatic nitrogens is 1. The first-order chi connectivity index (χ1) is 15.4. The predicted molar refractivity (Wildman–Crippen MR) is 129 cm³/mol. The van der Waals surface area contributed by atoms with E-state index in [1.54, 1.807) is 25.5 Å². The van der Waals surface area contributed by atoms with Crippen LogP contribution in [0, 0.1) is 5.92 Å². The van der Waals surface area contributed by atoms with E-state index in [0.717, 1.165) is 27.7 Å². The number of anilines is 1. The van der Waals surface area contributed by atoms with Crippen LogP contribution in [0.15, 0.2) is 66.1 Å². The summed E-state index contributed by atoms with van der Waals surface area (Å²) in [5.41, 5.74) is 3.05. The Labute approximate surface area is 193 Å². The predicted octanol–water partition coefficient (Wildman–Crippen LogP) is 2.87. The van der Waals surface area contributed by atoms with E-state index in [4.69, 9.17) is 19.9 Å². The highest BCUT2D eigenvalue weighted by molar-refractivity contribution is 7.14. The molecule has 2 unspecified atom stereocenters. The second-order valence-electron chi connectivity index (χ2n) is 7.79. The number of hydrogen-bond acceptors (Lipinski definition) is 8. The molecule has 2 atom stereocenters. The fourth-order valence-corrected chi connectivity index (χ4v) is 4.47. The van der Waals surface area contributed by atoms with Gasteiger partial charge in [-0.3, -0.25) is 4.90 Å². The number of methoxy groups -OCH3 is 1. The van der Waals surface area contributed by atoms with Crippen LogP contribution < -0.4 is 9.64 Å². The van der Waals surface area contributed by atoms with Crippen molar-refractivity contribution in [2.45, 2.75) is 18.9 Å². The molecule has 1 aliphatic carbocycles. The Morgan fingerprint density at radius 3 is 2.81 bits per heavy atom. The minimum Gasteiger partial charge on any atom is -0.497 e. The summed E-state index contributed by atoms with van der Waals surface area (Å²) in [4.78, 5) is 8.54. The summed E-state index contributed by atoms with van der Waals surface area (Å²) in [6, 6.07) is 7.86. The molecule has 0 radical (unpaired) electrons. The van der Waals surface area contributed by atoms with Gasteiger partial charge in [-0.25, -0.2) is 4.98 Å². The van der Waals surface area contributed by atoms with Crippen LogP contribution in [0.2, 0.25) is 0 Å². The van der Waals surface area contributed by atoms with Crippen molar-refractivity contribution in [2.24, 2.45) is 5.92 Å². The highest BCUT2D eigenvalue weighted by Gasteiger charge is 2.23. The molecule has 1 aromatic carbocycles. The van der Waals surface area contributed by atoms with Gasteiger partial charge in [-0.15, -0.1) is 17.9 Å². The molecule has 32 heavy (non-hydrogen) atoms. The summed E-state index contributed by atoms with van der Waals surface area (Å²) in [7, 11) is 3.33. The standard InChI is InChI=1S/C24H31N3O4S/c1-4-12-27(24-25-21(16-32-24)19-6-5-7-20(13-19)31-3)14-17-8-10-18(11-9-17)23(30)26(2)15-22(28)29/h4-10,13,16,18,22-23,28-30H,1,11-12,14-15H2,2-3H3. The lowest BCUT2D eigenvalue weighted by Crippen LogP contribution is -2.41. The SMILES string of the molecule is C=CCN(CC1=CCC(C(O)N(C)CC(O)O)C=C1)c1nc(-c2cccc(OC)c2)cs1. The Hall–Kier alpha value is -2.49. The number of allylic oxidation sites excluding steroid dienone is 1. The average molecular weight is 458 g/mol. The molecule has 2 aromatic rings. The number of hydrogen-bond donors (Lipinski definition) is 3. The lowest BCUT2D eigenvalue weighted by Gasteiger charge is -2.30. The van der Waals surface area contributed by atoms with Gasteiger partial charge in [0.05, 0.1) is 19.3 Å². The maximum atomic E-state index is 10.5. The number of benzene rings is 1. The zero-order valence-electron chi connectivity index (χ0n) is 18.5. The van der Waals surface area contributed by atoms with Crippen LogP contribution in [0.5, 0.6) is 5.75 Å². The topological polar surface area (TPSA) is 89.3 Å². The number of thiazole rings is 1. The maximum absolute atomic E-state index is 10.5. The van der Waals surface area contributed by atoms with E-state index in [9.17, 15) is 5.11 Å². The van der Waals surface area contributed by atoms with Crippen molar-refractivity contribution in [3.8, 4) is 17.0 Å². The molecule has 0 spiro atoms. The summed E-state index contributed by atoms with van der Waals surface area (Å²) >= 11 is 1.59. The number of rotatable bonds is 11. The van der Waals surface area contributed by atoms with Gasteiger partial charge in [0.1, 0.15) is 12.0 Å². The summed E-state index contributed by atoms with van der Waals surface area (Å²) < 4.78 is 5.32. The number of aliphatic hydroxyl groups excluding tert-OH is 2. The molecule has 1 aromatic heterocycles. The third-order valence-electron chi connectivity index (χ3n) is 5.35. The van der Waals surface area contributed by atoms with Crippen molar-refractivity contribution >= 4 is 16.5 Å². The van der Waals surface area contributed by atoms with Gasteiger partial charge in [0.15, 0.2) is 11.4 Å². The van der Waals surface area contributed by atoms with Crippen molar-refractivity contribution < 1.29 is 20.1 Å². The first kappa shape index (κ1) is 24.2. The fraction of sp³-hybridized carbons (Fsp3) is 0.375. The van der Waals surface area contributed by atoms with Crippen molar-refractivity contribution in [1.29, 1.82) is 0 Å². The van der Waals surface area contributed by atoms with Gasteiger partial charge in [0.25, 0.3) is 0 Å². The molecule has 0 aliphatic heterocycles.